The highest BCUT2D eigenvalue weighted by atomic mass is 16.5. The number of aromatic nitrogens is 2. The van der Waals surface area contributed by atoms with Crippen LogP contribution in [0.5, 0.6) is 5.75 Å². The second kappa shape index (κ2) is 10.7. The summed E-state index contributed by atoms with van der Waals surface area (Å²) in [6.07, 6.45) is 2.30. The van der Waals surface area contributed by atoms with Gasteiger partial charge < -0.3 is 29.2 Å². The summed E-state index contributed by atoms with van der Waals surface area (Å²) in [4.78, 5) is 31.4. The highest BCUT2D eigenvalue weighted by molar-refractivity contribution is 6.08. The van der Waals surface area contributed by atoms with E-state index < -0.39 is 0 Å². The molecular formula is C29H38N4O4. The number of carbonyl (C=O) groups is 1. The van der Waals surface area contributed by atoms with E-state index in [-0.39, 0.29) is 24.1 Å². The average Bonchev–Trinajstić information content (AvgIpc) is 3.16. The first-order valence-electron chi connectivity index (χ1n) is 13.3. The van der Waals surface area contributed by atoms with E-state index in [1.54, 1.807) is 13.0 Å². The van der Waals surface area contributed by atoms with Crippen molar-refractivity contribution in [3.05, 3.63) is 63.2 Å². The molecule has 2 N–H and O–H groups in total. The van der Waals surface area contributed by atoms with Gasteiger partial charge in [0, 0.05) is 40.8 Å². The molecule has 3 aromatic rings. The van der Waals surface area contributed by atoms with E-state index >= 15 is 0 Å². The minimum atomic E-state index is -0.249. The molecule has 37 heavy (non-hydrogen) atoms. The number of hydrogen-bond donors (Lipinski definition) is 2. The van der Waals surface area contributed by atoms with Crippen LogP contribution in [0.25, 0.3) is 10.9 Å². The number of rotatable bonds is 8. The predicted octanol–water partition coefficient (Wildman–Crippen LogP) is 3.80. The summed E-state index contributed by atoms with van der Waals surface area (Å²) < 4.78 is 13.1. The van der Waals surface area contributed by atoms with Gasteiger partial charge >= 0.3 is 0 Å². The second-order valence-corrected chi connectivity index (χ2v) is 10.6. The number of para-hydroxylation sites is 1. The van der Waals surface area contributed by atoms with Crippen molar-refractivity contribution in [2.45, 2.75) is 46.2 Å². The van der Waals surface area contributed by atoms with Crippen LogP contribution < -0.4 is 15.6 Å². The predicted molar refractivity (Wildman–Crippen MR) is 144 cm³/mol. The molecule has 198 valence electrons. The van der Waals surface area contributed by atoms with Gasteiger partial charge in [0.2, 0.25) is 0 Å². The van der Waals surface area contributed by atoms with E-state index in [4.69, 9.17) is 9.47 Å². The van der Waals surface area contributed by atoms with Gasteiger partial charge in [-0.1, -0.05) is 18.2 Å². The SMILES string of the molecule is COc1cc(C)[nH]c(=O)c1CNC(=O)c1c(C)n([C@H](C)C2CCN(CC3COC3)CC2)c2ccccc12. The molecule has 8 heteroatoms. The number of aryl methyl sites for hydroxylation is 1. The summed E-state index contributed by atoms with van der Waals surface area (Å²) in [5.74, 6) is 1.54. The van der Waals surface area contributed by atoms with Crippen molar-refractivity contribution in [3.8, 4) is 5.75 Å². The molecule has 0 unspecified atom stereocenters. The number of aromatic amines is 1. The number of carbonyl (C=O) groups excluding carboxylic acids is 1. The number of amides is 1. The average molecular weight is 507 g/mol. The highest BCUT2D eigenvalue weighted by Crippen LogP contribution is 2.36. The van der Waals surface area contributed by atoms with Gasteiger partial charge in [0.15, 0.2) is 0 Å². The summed E-state index contributed by atoms with van der Waals surface area (Å²) in [6, 6.07) is 10.2. The second-order valence-electron chi connectivity index (χ2n) is 10.6. The van der Waals surface area contributed by atoms with E-state index in [2.05, 4.69) is 32.8 Å². The zero-order valence-electron chi connectivity index (χ0n) is 22.3. The van der Waals surface area contributed by atoms with Crippen LogP contribution in [0.1, 0.15) is 53.1 Å². The summed E-state index contributed by atoms with van der Waals surface area (Å²) in [6.45, 7) is 11.4. The molecule has 1 amide bonds. The number of H-pyrrole nitrogens is 1. The van der Waals surface area contributed by atoms with Crippen LogP contribution in [-0.2, 0) is 11.3 Å². The third kappa shape index (κ3) is 5.05. The van der Waals surface area contributed by atoms with Crippen molar-refractivity contribution in [2.75, 3.05) is 40.0 Å². The van der Waals surface area contributed by atoms with Crippen molar-refractivity contribution >= 4 is 16.8 Å². The molecular weight excluding hydrogens is 468 g/mol. The Morgan fingerprint density at radius 1 is 1.22 bits per heavy atom. The summed E-state index contributed by atoms with van der Waals surface area (Å²) in [5.41, 5.74) is 3.60. The van der Waals surface area contributed by atoms with E-state index in [9.17, 15) is 9.59 Å². The number of piperidine rings is 1. The number of methoxy groups -OCH3 is 1. The molecule has 8 nitrogen and oxygen atoms in total. The molecule has 2 aliphatic rings. The van der Waals surface area contributed by atoms with Gasteiger partial charge in [-0.3, -0.25) is 9.59 Å². The molecule has 5 rings (SSSR count). The first-order valence-corrected chi connectivity index (χ1v) is 13.3. The maximum absolute atomic E-state index is 13.5. The van der Waals surface area contributed by atoms with Gasteiger partial charge in [0.05, 0.1) is 38.0 Å². The maximum Gasteiger partial charge on any atom is 0.256 e. The lowest BCUT2D eigenvalue weighted by atomic mass is 9.89. The normalized spacial score (nSPS) is 18.1. The van der Waals surface area contributed by atoms with Crippen molar-refractivity contribution in [1.29, 1.82) is 0 Å². The van der Waals surface area contributed by atoms with Crippen LogP contribution in [-0.4, -0.2) is 60.3 Å². The Balaban J connectivity index is 1.36. The summed E-state index contributed by atoms with van der Waals surface area (Å²) in [5, 5.41) is 3.92. The van der Waals surface area contributed by atoms with Crippen LogP contribution in [0.15, 0.2) is 35.1 Å². The lowest BCUT2D eigenvalue weighted by Crippen LogP contribution is -2.43. The Bertz CT molecular complexity index is 1330. The first-order chi connectivity index (χ1) is 17.9. The molecule has 2 aliphatic heterocycles. The number of hydrogen-bond acceptors (Lipinski definition) is 5. The van der Waals surface area contributed by atoms with Crippen molar-refractivity contribution < 1.29 is 14.3 Å². The molecule has 0 radical (unpaired) electrons. The standard InChI is InChI=1S/C29H38N4O4/c1-18-13-26(36-4)24(28(34)31-18)14-30-29(35)27-20(3)33(25-8-6-5-7-23(25)27)19(2)22-9-11-32(12-10-22)15-21-16-37-17-21/h5-8,13,19,21-22H,9-12,14-17H2,1-4H3,(H,30,35)(H,31,34)/t19-/m1/s1. The highest BCUT2D eigenvalue weighted by Gasteiger charge is 2.30. The van der Waals surface area contributed by atoms with E-state index in [0.29, 0.717) is 34.4 Å². The third-order valence-electron chi connectivity index (χ3n) is 8.20. The number of ether oxygens (including phenoxy) is 2. The molecule has 0 aliphatic carbocycles. The van der Waals surface area contributed by atoms with Gasteiger partial charge in [-0.15, -0.1) is 0 Å². The first kappa shape index (κ1) is 25.5. The smallest absolute Gasteiger partial charge is 0.256 e. The van der Waals surface area contributed by atoms with Crippen LogP contribution in [0.2, 0.25) is 0 Å². The van der Waals surface area contributed by atoms with Gasteiger partial charge in [-0.25, -0.2) is 0 Å². The Morgan fingerprint density at radius 2 is 1.95 bits per heavy atom. The molecule has 2 saturated heterocycles. The molecule has 2 fully saturated rings. The molecule has 0 saturated carbocycles. The quantitative estimate of drug-likeness (QED) is 0.485. The number of nitrogens with one attached hydrogen (secondary N) is 2. The van der Waals surface area contributed by atoms with Crippen LogP contribution in [0.3, 0.4) is 0 Å². The van der Waals surface area contributed by atoms with Crippen molar-refractivity contribution in [1.82, 2.24) is 19.8 Å². The van der Waals surface area contributed by atoms with E-state index in [1.165, 1.54) is 7.11 Å². The third-order valence-corrected chi connectivity index (χ3v) is 8.20. The molecule has 4 heterocycles. The van der Waals surface area contributed by atoms with Crippen LogP contribution in [0, 0.1) is 25.7 Å². The van der Waals surface area contributed by atoms with E-state index in [1.807, 2.05) is 25.1 Å². The van der Waals surface area contributed by atoms with Gasteiger partial charge in [0.1, 0.15) is 5.75 Å². The van der Waals surface area contributed by atoms with Crippen LogP contribution >= 0.6 is 0 Å². The largest absolute Gasteiger partial charge is 0.496 e. The lowest BCUT2D eigenvalue weighted by molar-refractivity contribution is -0.0503. The minimum absolute atomic E-state index is 0.0939. The summed E-state index contributed by atoms with van der Waals surface area (Å²) >= 11 is 0. The number of nitrogens with zero attached hydrogens (tertiary/aromatic N) is 2. The fourth-order valence-electron chi connectivity index (χ4n) is 6.08. The fourth-order valence-corrected chi connectivity index (χ4v) is 6.08. The fraction of sp³-hybridized carbons (Fsp3) is 0.517. The van der Waals surface area contributed by atoms with E-state index in [0.717, 1.165) is 62.3 Å². The Morgan fingerprint density at radius 3 is 2.62 bits per heavy atom. The molecule has 0 spiro atoms. The number of fused-ring (bicyclic) bond motifs is 1. The summed E-state index contributed by atoms with van der Waals surface area (Å²) in [7, 11) is 1.53. The minimum Gasteiger partial charge on any atom is -0.496 e. The lowest BCUT2D eigenvalue weighted by Gasteiger charge is -2.39. The monoisotopic (exact) mass is 506 g/mol. The molecule has 1 aromatic carbocycles. The Labute approximate surface area is 217 Å². The molecule has 0 bridgehead atoms. The maximum atomic E-state index is 13.5. The van der Waals surface area contributed by atoms with Gasteiger partial charge in [-0.05, 0) is 64.8 Å². The zero-order chi connectivity index (χ0) is 26.1. The Hall–Kier alpha value is -3.10. The number of benzene rings is 1. The van der Waals surface area contributed by atoms with Crippen LogP contribution in [0.4, 0.5) is 0 Å². The molecule has 2 aromatic heterocycles. The Kier molecular flexibility index (Phi) is 7.40. The van der Waals surface area contributed by atoms with Gasteiger partial charge in [-0.2, -0.15) is 0 Å². The van der Waals surface area contributed by atoms with Crippen molar-refractivity contribution in [3.63, 3.8) is 0 Å². The van der Waals surface area contributed by atoms with Gasteiger partial charge in [0.25, 0.3) is 11.5 Å². The molecule has 1 atom stereocenters. The number of likely N-dealkylation sites (tertiary alicyclic amines) is 1. The topological polar surface area (TPSA) is 88.6 Å². The van der Waals surface area contributed by atoms with Crippen molar-refractivity contribution in [2.24, 2.45) is 11.8 Å². The number of pyridine rings is 1. The zero-order valence-corrected chi connectivity index (χ0v) is 22.3.